The SMILES string of the molecule is c1ccc2c(c1)OCC2CN1CCCC1C1CCCNC1. The van der Waals surface area contributed by atoms with Crippen molar-refractivity contribution in [2.75, 3.05) is 32.8 Å². The second kappa shape index (κ2) is 5.98. The summed E-state index contributed by atoms with van der Waals surface area (Å²) in [5.74, 6) is 2.54. The summed E-state index contributed by atoms with van der Waals surface area (Å²) in [6.07, 6.45) is 5.52. The van der Waals surface area contributed by atoms with Gasteiger partial charge in [0.15, 0.2) is 0 Å². The first kappa shape index (κ1) is 13.6. The van der Waals surface area contributed by atoms with Crippen molar-refractivity contribution in [3.63, 3.8) is 0 Å². The van der Waals surface area contributed by atoms with E-state index in [1.165, 1.54) is 57.4 Å². The van der Waals surface area contributed by atoms with Gasteiger partial charge in [0.1, 0.15) is 5.75 Å². The Balaban J connectivity index is 1.44. The molecule has 21 heavy (non-hydrogen) atoms. The second-order valence-electron chi connectivity index (χ2n) is 6.86. The highest BCUT2D eigenvalue weighted by Crippen LogP contribution is 2.36. The molecular weight excluding hydrogens is 260 g/mol. The lowest BCUT2D eigenvalue weighted by molar-refractivity contribution is 0.152. The van der Waals surface area contributed by atoms with Crippen LogP contribution in [0.5, 0.6) is 5.75 Å². The number of hydrogen-bond donors (Lipinski definition) is 1. The first-order valence-corrected chi connectivity index (χ1v) is 8.58. The second-order valence-corrected chi connectivity index (χ2v) is 6.86. The van der Waals surface area contributed by atoms with Gasteiger partial charge in [-0.3, -0.25) is 4.90 Å². The number of hydrogen-bond acceptors (Lipinski definition) is 3. The molecule has 2 saturated heterocycles. The number of fused-ring (bicyclic) bond motifs is 1. The molecule has 3 atom stereocenters. The Kier molecular flexibility index (Phi) is 3.87. The third-order valence-corrected chi connectivity index (χ3v) is 5.55. The van der Waals surface area contributed by atoms with Gasteiger partial charge in [0, 0.05) is 24.1 Å². The molecule has 1 N–H and O–H groups in total. The Bertz CT molecular complexity index is 484. The van der Waals surface area contributed by atoms with Crippen LogP contribution < -0.4 is 10.1 Å². The molecule has 3 aliphatic heterocycles. The molecule has 0 amide bonds. The Hall–Kier alpha value is -1.06. The summed E-state index contributed by atoms with van der Waals surface area (Å²) in [4.78, 5) is 2.76. The van der Waals surface area contributed by atoms with Crippen molar-refractivity contribution in [3.05, 3.63) is 29.8 Å². The van der Waals surface area contributed by atoms with Crippen molar-refractivity contribution in [1.29, 1.82) is 0 Å². The fraction of sp³-hybridized carbons (Fsp3) is 0.667. The molecule has 114 valence electrons. The highest BCUT2D eigenvalue weighted by Gasteiger charge is 2.35. The highest BCUT2D eigenvalue weighted by atomic mass is 16.5. The fourth-order valence-corrected chi connectivity index (χ4v) is 4.48. The molecule has 0 bridgehead atoms. The largest absolute Gasteiger partial charge is 0.493 e. The van der Waals surface area contributed by atoms with E-state index in [9.17, 15) is 0 Å². The van der Waals surface area contributed by atoms with Crippen LogP contribution in [0, 0.1) is 5.92 Å². The minimum atomic E-state index is 0.568. The van der Waals surface area contributed by atoms with Crippen molar-refractivity contribution in [3.8, 4) is 5.75 Å². The van der Waals surface area contributed by atoms with Crippen LogP contribution in [0.1, 0.15) is 37.2 Å². The van der Waals surface area contributed by atoms with E-state index in [-0.39, 0.29) is 0 Å². The summed E-state index contributed by atoms with van der Waals surface area (Å²) >= 11 is 0. The molecule has 1 aromatic carbocycles. The summed E-state index contributed by atoms with van der Waals surface area (Å²) < 4.78 is 5.86. The zero-order valence-electron chi connectivity index (χ0n) is 12.8. The van der Waals surface area contributed by atoms with E-state index in [4.69, 9.17) is 4.74 Å². The number of nitrogens with one attached hydrogen (secondary N) is 1. The number of para-hydroxylation sites is 1. The van der Waals surface area contributed by atoms with Gasteiger partial charge in [-0.25, -0.2) is 0 Å². The molecule has 3 nitrogen and oxygen atoms in total. The first-order chi connectivity index (χ1) is 10.4. The Morgan fingerprint density at radius 2 is 2.14 bits per heavy atom. The van der Waals surface area contributed by atoms with Gasteiger partial charge in [0.25, 0.3) is 0 Å². The van der Waals surface area contributed by atoms with Crippen LogP contribution in [0.4, 0.5) is 0 Å². The Morgan fingerprint density at radius 1 is 1.19 bits per heavy atom. The molecule has 0 spiro atoms. The monoisotopic (exact) mass is 286 g/mol. The van der Waals surface area contributed by atoms with Crippen LogP contribution >= 0.6 is 0 Å². The molecule has 3 aliphatic rings. The normalized spacial score (nSPS) is 32.9. The van der Waals surface area contributed by atoms with Gasteiger partial charge >= 0.3 is 0 Å². The average Bonchev–Trinajstić information content (AvgIpc) is 3.16. The Morgan fingerprint density at radius 3 is 3.05 bits per heavy atom. The van der Waals surface area contributed by atoms with Gasteiger partial charge in [0.05, 0.1) is 6.61 Å². The van der Waals surface area contributed by atoms with Crippen LogP contribution in [0.15, 0.2) is 24.3 Å². The lowest BCUT2D eigenvalue weighted by Gasteiger charge is -2.35. The molecule has 1 aromatic rings. The van der Waals surface area contributed by atoms with Gasteiger partial charge in [-0.15, -0.1) is 0 Å². The number of piperidine rings is 1. The quantitative estimate of drug-likeness (QED) is 0.924. The van der Waals surface area contributed by atoms with Crippen molar-refractivity contribution in [2.24, 2.45) is 5.92 Å². The average molecular weight is 286 g/mol. The van der Waals surface area contributed by atoms with E-state index >= 15 is 0 Å². The number of ether oxygens (including phenoxy) is 1. The number of benzene rings is 1. The fourth-order valence-electron chi connectivity index (χ4n) is 4.48. The minimum absolute atomic E-state index is 0.568. The van der Waals surface area contributed by atoms with Crippen LogP contribution in [-0.2, 0) is 0 Å². The van der Waals surface area contributed by atoms with Crippen molar-refractivity contribution in [1.82, 2.24) is 10.2 Å². The third-order valence-electron chi connectivity index (χ3n) is 5.55. The van der Waals surface area contributed by atoms with Gasteiger partial charge in [-0.1, -0.05) is 18.2 Å². The molecule has 0 aromatic heterocycles. The minimum Gasteiger partial charge on any atom is -0.493 e. The van der Waals surface area contributed by atoms with E-state index in [0.717, 1.165) is 24.3 Å². The topological polar surface area (TPSA) is 24.5 Å². The first-order valence-electron chi connectivity index (χ1n) is 8.58. The molecule has 3 unspecified atom stereocenters. The van der Waals surface area contributed by atoms with Gasteiger partial charge in [0.2, 0.25) is 0 Å². The van der Waals surface area contributed by atoms with Crippen molar-refractivity contribution in [2.45, 2.75) is 37.6 Å². The zero-order chi connectivity index (χ0) is 14.1. The maximum absolute atomic E-state index is 5.86. The van der Waals surface area contributed by atoms with Crippen molar-refractivity contribution >= 4 is 0 Å². The molecule has 0 saturated carbocycles. The van der Waals surface area contributed by atoms with E-state index in [2.05, 4.69) is 34.5 Å². The van der Waals surface area contributed by atoms with Crippen LogP contribution in [0.3, 0.4) is 0 Å². The summed E-state index contributed by atoms with van der Waals surface area (Å²) in [6, 6.07) is 9.38. The number of likely N-dealkylation sites (tertiary alicyclic amines) is 1. The smallest absolute Gasteiger partial charge is 0.122 e. The standard InChI is InChI=1S/C18H26N2O/c1-2-8-18-16(6-1)15(13-21-18)12-20-10-4-7-17(20)14-5-3-9-19-11-14/h1-2,6,8,14-15,17,19H,3-5,7,9-13H2. The summed E-state index contributed by atoms with van der Waals surface area (Å²) in [5.41, 5.74) is 1.42. The van der Waals surface area contributed by atoms with E-state index < -0.39 is 0 Å². The molecular formula is C18H26N2O. The maximum Gasteiger partial charge on any atom is 0.122 e. The molecule has 3 heterocycles. The Labute approximate surface area is 127 Å². The van der Waals surface area contributed by atoms with Gasteiger partial charge in [-0.05, 0) is 57.3 Å². The predicted octanol–water partition coefficient (Wildman–Crippen LogP) is 2.63. The van der Waals surface area contributed by atoms with Gasteiger partial charge in [-0.2, -0.15) is 0 Å². The molecule has 4 rings (SSSR count). The van der Waals surface area contributed by atoms with Crippen LogP contribution in [-0.4, -0.2) is 43.7 Å². The van der Waals surface area contributed by atoms with E-state index in [1.807, 2.05) is 0 Å². The molecule has 0 aliphatic carbocycles. The maximum atomic E-state index is 5.86. The highest BCUT2D eigenvalue weighted by molar-refractivity contribution is 5.39. The molecule has 2 fully saturated rings. The number of nitrogens with zero attached hydrogens (tertiary/aromatic N) is 1. The van der Waals surface area contributed by atoms with Gasteiger partial charge < -0.3 is 10.1 Å². The zero-order valence-corrected chi connectivity index (χ0v) is 12.8. The summed E-state index contributed by atoms with van der Waals surface area (Å²) in [7, 11) is 0. The van der Waals surface area contributed by atoms with Crippen LogP contribution in [0.25, 0.3) is 0 Å². The van der Waals surface area contributed by atoms with Crippen molar-refractivity contribution < 1.29 is 4.74 Å². The molecule has 0 radical (unpaired) electrons. The predicted molar refractivity (Wildman–Crippen MR) is 84.9 cm³/mol. The molecule has 3 heteroatoms. The van der Waals surface area contributed by atoms with E-state index in [0.29, 0.717) is 5.92 Å². The third kappa shape index (κ3) is 2.69. The lowest BCUT2D eigenvalue weighted by atomic mass is 9.89. The summed E-state index contributed by atoms with van der Waals surface area (Å²) in [6.45, 7) is 5.76. The number of rotatable bonds is 3. The van der Waals surface area contributed by atoms with Crippen LogP contribution in [0.2, 0.25) is 0 Å². The lowest BCUT2D eigenvalue weighted by Crippen LogP contribution is -2.44. The van der Waals surface area contributed by atoms with E-state index in [1.54, 1.807) is 0 Å². The summed E-state index contributed by atoms with van der Waals surface area (Å²) in [5, 5.41) is 3.59.